The number of rotatable bonds is 5. The minimum Gasteiger partial charge on any atom is -0.310 e. The lowest BCUT2D eigenvalue weighted by Gasteiger charge is -2.18. The second-order valence-corrected chi connectivity index (χ2v) is 5.73. The van der Waals surface area contributed by atoms with Crippen LogP contribution in [0.1, 0.15) is 24.2 Å². The van der Waals surface area contributed by atoms with Crippen molar-refractivity contribution >= 4 is 27.5 Å². The quantitative estimate of drug-likeness (QED) is 0.897. The van der Waals surface area contributed by atoms with E-state index in [0.717, 1.165) is 28.2 Å². The van der Waals surface area contributed by atoms with Crippen LogP contribution >= 0.6 is 27.5 Å². The molecule has 1 N–H and O–H groups in total. The number of benzene rings is 1. The van der Waals surface area contributed by atoms with E-state index in [1.54, 1.807) is 0 Å². The fourth-order valence-corrected chi connectivity index (χ4v) is 2.50. The summed E-state index contributed by atoms with van der Waals surface area (Å²) in [6.07, 6.45) is 2.82. The van der Waals surface area contributed by atoms with E-state index in [4.69, 9.17) is 11.6 Å². The molecule has 0 fully saturated rings. The van der Waals surface area contributed by atoms with Crippen molar-refractivity contribution in [3.05, 3.63) is 51.2 Å². The molecule has 1 aromatic carbocycles. The highest BCUT2D eigenvalue weighted by atomic mass is 79.9. The molecule has 1 heterocycles. The van der Waals surface area contributed by atoms with Crippen molar-refractivity contribution in [1.82, 2.24) is 15.1 Å². The van der Waals surface area contributed by atoms with Crippen molar-refractivity contribution < 1.29 is 0 Å². The number of aryl methyl sites for hydroxylation is 1. The van der Waals surface area contributed by atoms with Gasteiger partial charge >= 0.3 is 0 Å². The number of hydrogen-bond acceptors (Lipinski definition) is 2. The monoisotopic (exact) mass is 341 g/mol. The van der Waals surface area contributed by atoms with Crippen LogP contribution in [-0.2, 0) is 13.5 Å². The predicted octanol–water partition coefficient (Wildman–Crippen LogP) is 3.73. The molecular formula is C14H17BrClN3. The molecule has 2 aromatic rings. The van der Waals surface area contributed by atoms with Gasteiger partial charge in [0, 0.05) is 30.2 Å². The summed E-state index contributed by atoms with van der Waals surface area (Å²) in [7, 11) is 1.93. The third-order valence-corrected chi connectivity index (χ3v) is 4.21. The zero-order valence-corrected chi connectivity index (χ0v) is 13.4. The van der Waals surface area contributed by atoms with Crippen LogP contribution in [-0.4, -0.2) is 16.3 Å². The Kier molecular flexibility index (Phi) is 5.02. The molecule has 0 aliphatic heterocycles. The van der Waals surface area contributed by atoms with Crippen LogP contribution in [0.3, 0.4) is 0 Å². The Morgan fingerprint density at radius 3 is 2.79 bits per heavy atom. The number of nitrogens with zero attached hydrogens (tertiary/aromatic N) is 2. The first-order valence-corrected chi connectivity index (χ1v) is 7.44. The van der Waals surface area contributed by atoms with Crippen LogP contribution in [0.15, 0.2) is 34.9 Å². The Morgan fingerprint density at radius 1 is 1.42 bits per heavy atom. The van der Waals surface area contributed by atoms with Crippen LogP contribution < -0.4 is 5.32 Å². The second-order valence-electron chi connectivity index (χ2n) is 4.47. The molecule has 0 bridgehead atoms. The van der Waals surface area contributed by atoms with Gasteiger partial charge in [0.15, 0.2) is 0 Å². The van der Waals surface area contributed by atoms with Gasteiger partial charge in [0.2, 0.25) is 0 Å². The maximum absolute atomic E-state index is 6.17. The highest BCUT2D eigenvalue weighted by molar-refractivity contribution is 9.10. The predicted molar refractivity (Wildman–Crippen MR) is 82.5 cm³/mol. The number of nitrogens with one attached hydrogen (secondary N) is 1. The van der Waals surface area contributed by atoms with Gasteiger partial charge in [-0.15, -0.1) is 0 Å². The summed E-state index contributed by atoms with van der Waals surface area (Å²) in [5, 5.41) is 8.65. The van der Waals surface area contributed by atoms with Crippen molar-refractivity contribution in [3.63, 3.8) is 0 Å². The number of hydrogen-bond donors (Lipinski definition) is 1. The summed E-state index contributed by atoms with van der Waals surface area (Å²) in [6, 6.07) is 8.35. The van der Waals surface area contributed by atoms with Crippen LogP contribution in [0.2, 0.25) is 5.02 Å². The molecule has 2 rings (SSSR count). The molecule has 0 spiro atoms. The standard InChI is InChI=1S/C14H17BrClN3/c1-3-17-14(9-11-6-7-19(2)18-11)10-4-5-12(15)13(16)8-10/h4-8,14,17H,3,9H2,1-2H3. The summed E-state index contributed by atoms with van der Waals surface area (Å²) in [5.41, 5.74) is 2.26. The van der Waals surface area contributed by atoms with Crippen molar-refractivity contribution in [2.24, 2.45) is 7.05 Å². The molecule has 102 valence electrons. The van der Waals surface area contributed by atoms with Gasteiger partial charge in [-0.05, 0) is 46.2 Å². The van der Waals surface area contributed by atoms with Crippen molar-refractivity contribution in [3.8, 4) is 0 Å². The molecule has 0 radical (unpaired) electrons. The third-order valence-electron chi connectivity index (χ3n) is 2.98. The molecule has 0 saturated carbocycles. The van der Waals surface area contributed by atoms with E-state index in [0.29, 0.717) is 0 Å². The maximum Gasteiger partial charge on any atom is 0.0643 e. The molecular weight excluding hydrogens is 326 g/mol. The zero-order valence-electron chi connectivity index (χ0n) is 11.0. The molecule has 5 heteroatoms. The average Bonchev–Trinajstić information content (AvgIpc) is 2.78. The largest absolute Gasteiger partial charge is 0.310 e. The Balaban J connectivity index is 2.21. The molecule has 0 saturated heterocycles. The summed E-state index contributed by atoms with van der Waals surface area (Å²) in [5.74, 6) is 0. The molecule has 0 aliphatic carbocycles. The van der Waals surface area contributed by atoms with Crippen LogP contribution in [0.25, 0.3) is 0 Å². The first-order valence-electron chi connectivity index (χ1n) is 6.27. The van der Waals surface area contributed by atoms with Gasteiger partial charge in [-0.2, -0.15) is 5.10 Å². The Hall–Kier alpha value is -0.840. The van der Waals surface area contributed by atoms with Crippen molar-refractivity contribution in [1.29, 1.82) is 0 Å². The van der Waals surface area contributed by atoms with E-state index in [1.165, 1.54) is 5.56 Å². The van der Waals surface area contributed by atoms with Gasteiger partial charge < -0.3 is 5.32 Å². The summed E-state index contributed by atoms with van der Waals surface area (Å²) >= 11 is 9.59. The highest BCUT2D eigenvalue weighted by Gasteiger charge is 2.13. The van der Waals surface area contributed by atoms with E-state index in [1.807, 2.05) is 36.1 Å². The normalized spacial score (nSPS) is 12.6. The fourth-order valence-electron chi connectivity index (χ4n) is 2.06. The highest BCUT2D eigenvalue weighted by Crippen LogP contribution is 2.27. The number of likely N-dealkylation sites (N-methyl/N-ethyl adjacent to an activating group) is 1. The van der Waals surface area contributed by atoms with Gasteiger partial charge in [0.1, 0.15) is 0 Å². The molecule has 0 aliphatic rings. The van der Waals surface area contributed by atoms with Gasteiger partial charge in [-0.3, -0.25) is 4.68 Å². The number of halogens is 2. The van der Waals surface area contributed by atoms with Crippen LogP contribution in [0.5, 0.6) is 0 Å². The topological polar surface area (TPSA) is 29.9 Å². The lowest BCUT2D eigenvalue weighted by atomic mass is 10.0. The molecule has 0 amide bonds. The van der Waals surface area contributed by atoms with Gasteiger partial charge in [0.25, 0.3) is 0 Å². The lowest BCUT2D eigenvalue weighted by molar-refractivity contribution is 0.539. The summed E-state index contributed by atoms with van der Waals surface area (Å²) in [4.78, 5) is 0. The van der Waals surface area contributed by atoms with Crippen LogP contribution in [0.4, 0.5) is 0 Å². The van der Waals surface area contributed by atoms with E-state index in [9.17, 15) is 0 Å². The number of aromatic nitrogens is 2. The van der Waals surface area contributed by atoms with E-state index in [2.05, 4.69) is 39.3 Å². The third kappa shape index (κ3) is 3.81. The molecule has 1 aromatic heterocycles. The molecule has 1 unspecified atom stereocenters. The van der Waals surface area contributed by atoms with E-state index in [-0.39, 0.29) is 6.04 Å². The molecule has 3 nitrogen and oxygen atoms in total. The minimum absolute atomic E-state index is 0.227. The van der Waals surface area contributed by atoms with Gasteiger partial charge in [-0.25, -0.2) is 0 Å². The van der Waals surface area contributed by atoms with Crippen molar-refractivity contribution in [2.75, 3.05) is 6.54 Å². The van der Waals surface area contributed by atoms with Gasteiger partial charge in [-0.1, -0.05) is 24.6 Å². The maximum atomic E-state index is 6.17. The first kappa shape index (κ1) is 14.6. The zero-order chi connectivity index (χ0) is 13.8. The second kappa shape index (κ2) is 6.55. The molecule has 19 heavy (non-hydrogen) atoms. The Labute approximate surface area is 127 Å². The minimum atomic E-state index is 0.227. The SMILES string of the molecule is CCNC(Cc1ccn(C)n1)c1ccc(Br)c(Cl)c1. The van der Waals surface area contributed by atoms with Crippen LogP contribution in [0, 0.1) is 0 Å². The van der Waals surface area contributed by atoms with Crippen molar-refractivity contribution in [2.45, 2.75) is 19.4 Å². The molecule has 1 atom stereocenters. The fraction of sp³-hybridized carbons (Fsp3) is 0.357. The smallest absolute Gasteiger partial charge is 0.0643 e. The van der Waals surface area contributed by atoms with E-state index < -0.39 is 0 Å². The lowest BCUT2D eigenvalue weighted by Crippen LogP contribution is -2.23. The average molecular weight is 343 g/mol. The summed E-state index contributed by atoms with van der Waals surface area (Å²) < 4.78 is 2.75. The van der Waals surface area contributed by atoms with Gasteiger partial charge in [0.05, 0.1) is 10.7 Å². The van der Waals surface area contributed by atoms with E-state index >= 15 is 0 Å². The first-order chi connectivity index (χ1) is 9.10. The Bertz CT molecular complexity index is 553. The summed E-state index contributed by atoms with van der Waals surface area (Å²) in [6.45, 7) is 3.01. The Morgan fingerprint density at radius 2 is 2.21 bits per heavy atom.